The second kappa shape index (κ2) is 3.79. The Labute approximate surface area is 96.8 Å². The summed E-state index contributed by atoms with van der Waals surface area (Å²) in [5, 5.41) is 9.02. The van der Waals surface area contributed by atoms with Gasteiger partial charge in [0.2, 0.25) is 0 Å². The maximum Gasteiger partial charge on any atom is 0.377 e. The van der Waals surface area contributed by atoms with Crippen LogP contribution in [0.1, 0.15) is 22.8 Å². The number of hydrogen-bond donors (Lipinski definition) is 1. The summed E-state index contributed by atoms with van der Waals surface area (Å²) in [5.74, 6) is -2.15. The molecule has 1 aromatic rings. The topological polar surface area (TPSA) is 63.6 Å². The predicted octanol–water partition coefficient (Wildman–Crippen LogP) is 1.93. The van der Waals surface area contributed by atoms with Gasteiger partial charge in [-0.25, -0.2) is 4.79 Å². The van der Waals surface area contributed by atoms with Crippen LogP contribution in [0.4, 0.5) is 0 Å². The van der Waals surface area contributed by atoms with Gasteiger partial charge in [0.25, 0.3) is 5.78 Å². The first kappa shape index (κ1) is 11.0. The first-order valence-corrected chi connectivity index (χ1v) is 5.13. The number of carboxylic acids is 1. The van der Waals surface area contributed by atoms with E-state index in [4.69, 9.17) is 21.4 Å². The fourth-order valence-electron chi connectivity index (χ4n) is 1.78. The van der Waals surface area contributed by atoms with E-state index in [0.717, 1.165) is 5.56 Å². The third-order valence-corrected chi connectivity index (χ3v) is 2.61. The summed E-state index contributed by atoms with van der Waals surface area (Å²) in [5.41, 5.74) is 0.809. The minimum Gasteiger partial charge on any atom is -0.489 e. The lowest BCUT2D eigenvalue weighted by atomic mass is 10.0. The van der Waals surface area contributed by atoms with E-state index < -0.39 is 11.8 Å². The van der Waals surface area contributed by atoms with Gasteiger partial charge in [-0.15, -0.1) is 0 Å². The average Bonchev–Trinajstić information content (AvgIpc) is 2.55. The number of halogens is 1. The van der Waals surface area contributed by atoms with Crippen molar-refractivity contribution in [2.45, 2.75) is 19.4 Å². The highest BCUT2D eigenvalue weighted by atomic mass is 35.5. The second-order valence-electron chi connectivity index (χ2n) is 3.71. The van der Waals surface area contributed by atoms with Gasteiger partial charge in [-0.2, -0.15) is 0 Å². The number of ether oxygens (including phenoxy) is 1. The Bertz CT molecular complexity index is 481. The lowest BCUT2D eigenvalue weighted by Crippen LogP contribution is -2.14. The van der Waals surface area contributed by atoms with Crippen molar-refractivity contribution in [3.63, 3.8) is 0 Å². The minimum atomic E-state index is -1.51. The summed E-state index contributed by atoms with van der Waals surface area (Å²) >= 11 is 5.82. The molecule has 0 bridgehead atoms. The molecule has 0 saturated heterocycles. The van der Waals surface area contributed by atoms with E-state index in [9.17, 15) is 9.59 Å². The maximum atomic E-state index is 11.4. The summed E-state index contributed by atoms with van der Waals surface area (Å²) in [6, 6.07) is 3.02. The number of fused-ring (bicyclic) bond motifs is 1. The third kappa shape index (κ3) is 1.76. The van der Waals surface area contributed by atoms with Gasteiger partial charge >= 0.3 is 5.97 Å². The fourth-order valence-corrected chi connectivity index (χ4v) is 2.02. The molecule has 1 unspecified atom stereocenters. The Balaban J connectivity index is 2.55. The van der Waals surface area contributed by atoms with Crippen molar-refractivity contribution in [2.24, 2.45) is 0 Å². The summed E-state index contributed by atoms with van der Waals surface area (Å²) in [7, 11) is 0. The molecule has 0 spiro atoms. The number of ketones is 1. The third-order valence-electron chi connectivity index (χ3n) is 2.40. The van der Waals surface area contributed by atoms with Gasteiger partial charge in [-0.05, 0) is 19.1 Å². The lowest BCUT2D eigenvalue weighted by molar-refractivity contribution is -0.131. The quantitative estimate of drug-likeness (QED) is 0.634. The maximum absolute atomic E-state index is 11.4. The summed E-state index contributed by atoms with van der Waals surface area (Å²) in [4.78, 5) is 22.1. The molecule has 84 valence electrons. The highest BCUT2D eigenvalue weighted by molar-refractivity contribution is 6.41. The minimum absolute atomic E-state index is 0.0272. The largest absolute Gasteiger partial charge is 0.489 e. The zero-order valence-corrected chi connectivity index (χ0v) is 9.25. The smallest absolute Gasteiger partial charge is 0.377 e. The Hall–Kier alpha value is -1.55. The van der Waals surface area contributed by atoms with Crippen LogP contribution in [-0.4, -0.2) is 23.0 Å². The highest BCUT2D eigenvalue weighted by Crippen LogP contribution is 2.35. The van der Waals surface area contributed by atoms with Gasteiger partial charge in [0.1, 0.15) is 11.9 Å². The van der Waals surface area contributed by atoms with Crippen LogP contribution in [0.5, 0.6) is 5.75 Å². The molecule has 0 radical (unpaired) electrons. The van der Waals surface area contributed by atoms with Gasteiger partial charge in [-0.1, -0.05) is 11.6 Å². The number of aliphatic carboxylic acids is 1. The van der Waals surface area contributed by atoms with Gasteiger partial charge in [-0.3, -0.25) is 4.79 Å². The van der Waals surface area contributed by atoms with E-state index >= 15 is 0 Å². The molecule has 1 N–H and O–H groups in total. The number of carboxylic acid groups (broad SMARTS) is 1. The summed E-state index contributed by atoms with van der Waals surface area (Å²) < 4.78 is 5.42. The molecule has 1 aromatic carbocycles. The Morgan fingerprint density at radius 2 is 2.19 bits per heavy atom. The van der Waals surface area contributed by atoms with Crippen molar-refractivity contribution in [3.8, 4) is 5.75 Å². The van der Waals surface area contributed by atoms with Gasteiger partial charge < -0.3 is 9.84 Å². The molecule has 0 aromatic heterocycles. The van der Waals surface area contributed by atoms with E-state index in [-0.39, 0.29) is 11.7 Å². The number of benzene rings is 1. The molecule has 0 saturated carbocycles. The van der Waals surface area contributed by atoms with Crippen molar-refractivity contribution >= 4 is 23.4 Å². The first-order valence-electron chi connectivity index (χ1n) is 4.75. The predicted molar refractivity (Wildman–Crippen MR) is 57.2 cm³/mol. The van der Waals surface area contributed by atoms with Crippen LogP contribution in [0.25, 0.3) is 0 Å². The number of rotatable bonds is 2. The van der Waals surface area contributed by atoms with Crippen LogP contribution in [0.2, 0.25) is 5.02 Å². The van der Waals surface area contributed by atoms with Crippen LogP contribution in [0, 0.1) is 0 Å². The Morgan fingerprint density at radius 3 is 2.81 bits per heavy atom. The fraction of sp³-hybridized carbons (Fsp3) is 0.273. The average molecular weight is 241 g/mol. The monoisotopic (exact) mass is 240 g/mol. The molecule has 4 nitrogen and oxygen atoms in total. The molecule has 1 atom stereocenters. The van der Waals surface area contributed by atoms with Gasteiger partial charge in [0.15, 0.2) is 0 Å². The molecule has 0 fully saturated rings. The van der Waals surface area contributed by atoms with E-state index in [1.54, 1.807) is 6.07 Å². The van der Waals surface area contributed by atoms with E-state index in [0.29, 0.717) is 17.2 Å². The molecule has 1 aliphatic heterocycles. The van der Waals surface area contributed by atoms with Crippen molar-refractivity contribution in [1.82, 2.24) is 0 Å². The van der Waals surface area contributed by atoms with E-state index in [1.807, 2.05) is 6.92 Å². The molecule has 1 heterocycles. The van der Waals surface area contributed by atoms with Gasteiger partial charge in [0.05, 0.1) is 5.56 Å². The van der Waals surface area contributed by atoms with Gasteiger partial charge in [0, 0.05) is 17.0 Å². The number of carbonyl (C=O) groups excluding carboxylic acids is 1. The van der Waals surface area contributed by atoms with Crippen molar-refractivity contribution < 1.29 is 19.4 Å². The zero-order chi connectivity index (χ0) is 11.9. The lowest BCUT2D eigenvalue weighted by Gasteiger charge is -2.07. The molecule has 2 rings (SSSR count). The van der Waals surface area contributed by atoms with Crippen LogP contribution in [0.3, 0.4) is 0 Å². The first-order chi connectivity index (χ1) is 7.49. The normalized spacial score (nSPS) is 17.8. The molecule has 0 amide bonds. The SMILES string of the molecule is CC1Cc2cc(Cl)cc(C(=O)C(=O)O)c2O1. The van der Waals surface area contributed by atoms with Crippen molar-refractivity contribution in [2.75, 3.05) is 0 Å². The Kier molecular flexibility index (Phi) is 2.59. The van der Waals surface area contributed by atoms with Crippen LogP contribution >= 0.6 is 11.6 Å². The van der Waals surface area contributed by atoms with Crippen LogP contribution in [0.15, 0.2) is 12.1 Å². The molecule has 0 aliphatic carbocycles. The van der Waals surface area contributed by atoms with Crippen molar-refractivity contribution in [3.05, 3.63) is 28.3 Å². The summed E-state index contributed by atoms with van der Waals surface area (Å²) in [6.07, 6.45) is 0.573. The second-order valence-corrected chi connectivity index (χ2v) is 4.14. The van der Waals surface area contributed by atoms with Crippen molar-refractivity contribution in [1.29, 1.82) is 0 Å². The van der Waals surface area contributed by atoms with E-state index in [1.165, 1.54) is 6.07 Å². The molecular weight excluding hydrogens is 232 g/mol. The Morgan fingerprint density at radius 1 is 1.50 bits per heavy atom. The zero-order valence-electron chi connectivity index (χ0n) is 8.49. The number of Topliss-reactive ketones (excluding diaryl/α,β-unsaturated/α-hetero) is 1. The summed E-state index contributed by atoms with van der Waals surface area (Å²) in [6.45, 7) is 1.85. The molecule has 16 heavy (non-hydrogen) atoms. The molecule has 1 aliphatic rings. The number of hydrogen-bond acceptors (Lipinski definition) is 3. The molecular formula is C11H9ClO4. The number of carbonyl (C=O) groups is 2. The standard InChI is InChI=1S/C11H9ClO4/c1-5-2-6-3-7(12)4-8(10(6)16-5)9(13)11(14)15/h3-5H,2H2,1H3,(H,14,15). The molecule has 5 heteroatoms. The van der Waals surface area contributed by atoms with Crippen LogP contribution in [-0.2, 0) is 11.2 Å². The van der Waals surface area contributed by atoms with Crippen LogP contribution < -0.4 is 4.74 Å². The van der Waals surface area contributed by atoms with E-state index in [2.05, 4.69) is 0 Å². The highest BCUT2D eigenvalue weighted by Gasteiger charge is 2.28.